The van der Waals surface area contributed by atoms with Crippen LogP contribution in [0.1, 0.15) is 57.9 Å². The molecule has 27 nitrogen and oxygen atoms in total. The van der Waals surface area contributed by atoms with Gasteiger partial charge in [-0.05, 0) is 12.8 Å². The van der Waals surface area contributed by atoms with Gasteiger partial charge in [-0.2, -0.15) is 12.9 Å². The van der Waals surface area contributed by atoms with Gasteiger partial charge in [0.15, 0.2) is 18.7 Å². The Hall–Kier alpha value is -2.32. The molecule has 322 valence electrons. The van der Waals surface area contributed by atoms with Gasteiger partial charge in [-0.15, -0.1) is 0 Å². The van der Waals surface area contributed by atoms with Crippen LogP contribution in [0.25, 0.3) is 0 Å². The Morgan fingerprint density at radius 3 is 1.65 bits per heavy atom. The summed E-state index contributed by atoms with van der Waals surface area (Å²) in [7, 11) is -24.0. The minimum Gasteiger partial charge on any atom is -0.387 e. The molecular weight excluding hydrogens is 860 g/mol. The topological polar surface area (TPSA) is 382 Å². The van der Waals surface area contributed by atoms with Crippen molar-refractivity contribution in [1.82, 2.24) is 19.1 Å². The normalized spacial score (nSPS) is 31.6. The summed E-state index contributed by atoms with van der Waals surface area (Å²) in [5.41, 5.74) is -3.46. The predicted molar refractivity (Wildman–Crippen MR) is 184 cm³/mol. The fraction of sp³-hybridized carbons (Fsp3) is 0.692. The van der Waals surface area contributed by atoms with E-state index in [9.17, 15) is 67.2 Å². The van der Waals surface area contributed by atoms with E-state index in [-0.39, 0.29) is 0 Å². The van der Waals surface area contributed by atoms with Crippen molar-refractivity contribution in [3.05, 3.63) is 66.2 Å². The van der Waals surface area contributed by atoms with Crippen LogP contribution in [0.2, 0.25) is 0 Å². The maximum Gasteiger partial charge on any atom is 0.490 e. The number of hydrogen-bond acceptors (Lipinski definition) is 19. The van der Waals surface area contributed by atoms with Gasteiger partial charge in [0.25, 0.3) is 11.1 Å². The fourth-order valence-corrected chi connectivity index (χ4v) is 10.9. The molecule has 5 unspecified atom stereocenters. The SMILES string of the molecule is CCCCCCCC1O[C@@H]2[C@H](O1)[C@@H](COP(=O)(O)OP(=O)(O)OP(=O)(O)OP(=O)(O)OC[C@@H]1O[C@H](n3ccc(=O)[nH]c3=O)[C@@H](O)[C@H]1O)O[C@H]2n1ccc(=O)[nH]c1=O. The maximum atomic E-state index is 12.7. The Labute approximate surface area is 319 Å². The quantitative estimate of drug-likeness (QED) is 0.0616. The van der Waals surface area contributed by atoms with Crippen LogP contribution in [0.5, 0.6) is 0 Å². The summed E-state index contributed by atoms with van der Waals surface area (Å²) in [6.45, 7) is -0.0893. The number of aromatic amines is 2. The maximum absolute atomic E-state index is 12.7. The molecule has 31 heteroatoms. The number of aromatic nitrogens is 4. The molecule has 0 saturated carbocycles. The van der Waals surface area contributed by atoms with Gasteiger partial charge in [0, 0.05) is 24.5 Å². The lowest BCUT2D eigenvalue weighted by atomic mass is 10.1. The average Bonchev–Trinajstić information content (AvgIpc) is 3.73. The molecule has 57 heavy (non-hydrogen) atoms. The Balaban J connectivity index is 1.16. The van der Waals surface area contributed by atoms with E-state index < -0.39 is 122 Å². The highest BCUT2D eigenvalue weighted by atomic mass is 31.3. The zero-order valence-corrected chi connectivity index (χ0v) is 33.0. The van der Waals surface area contributed by atoms with Crippen molar-refractivity contribution in [2.75, 3.05) is 13.2 Å². The summed E-state index contributed by atoms with van der Waals surface area (Å²) >= 11 is 0. The van der Waals surface area contributed by atoms with Crippen LogP contribution in [-0.2, 0) is 59.2 Å². The third-order valence-electron chi connectivity index (χ3n) is 8.46. The summed E-state index contributed by atoms with van der Waals surface area (Å²) in [4.78, 5) is 91.5. The number of H-pyrrole nitrogens is 2. The number of hydrogen-bond donors (Lipinski definition) is 8. The van der Waals surface area contributed by atoms with Crippen LogP contribution in [0, 0.1) is 0 Å². The third-order valence-corrected chi connectivity index (χ3v) is 14.4. The first-order chi connectivity index (χ1) is 26.6. The van der Waals surface area contributed by atoms with Crippen molar-refractivity contribution in [2.45, 2.75) is 101 Å². The number of phosphoric ester groups is 2. The molecule has 0 radical (unpaired) electrons. The Morgan fingerprint density at radius 1 is 0.632 bits per heavy atom. The lowest BCUT2D eigenvalue weighted by Gasteiger charge is -2.23. The molecule has 0 aromatic carbocycles. The smallest absolute Gasteiger partial charge is 0.387 e. The lowest BCUT2D eigenvalue weighted by molar-refractivity contribution is -0.153. The summed E-state index contributed by atoms with van der Waals surface area (Å²) in [6.07, 6.45) is -5.55. The summed E-state index contributed by atoms with van der Waals surface area (Å²) in [5.74, 6) is 0. The number of phosphoric acid groups is 4. The van der Waals surface area contributed by atoms with E-state index >= 15 is 0 Å². The molecule has 0 spiro atoms. The van der Waals surface area contributed by atoms with Gasteiger partial charge in [-0.1, -0.05) is 32.6 Å². The van der Waals surface area contributed by atoms with Gasteiger partial charge < -0.3 is 48.7 Å². The number of nitrogens with zero attached hydrogens (tertiary/aromatic N) is 2. The molecule has 3 saturated heterocycles. The van der Waals surface area contributed by atoms with Crippen molar-refractivity contribution in [2.24, 2.45) is 0 Å². The van der Waals surface area contributed by atoms with Crippen LogP contribution in [0.4, 0.5) is 0 Å². The van der Waals surface area contributed by atoms with Crippen molar-refractivity contribution < 1.29 is 89.0 Å². The molecule has 8 N–H and O–H groups in total. The lowest BCUT2D eigenvalue weighted by Crippen LogP contribution is -2.37. The van der Waals surface area contributed by atoms with Crippen molar-refractivity contribution in [3.8, 4) is 0 Å². The van der Waals surface area contributed by atoms with E-state index in [0.717, 1.165) is 54.8 Å². The second kappa shape index (κ2) is 18.5. The average molecular weight is 901 g/mol. The summed E-state index contributed by atoms with van der Waals surface area (Å²) < 4.78 is 95.6. The molecule has 13 atom stereocenters. The van der Waals surface area contributed by atoms with Crippen LogP contribution >= 0.6 is 31.3 Å². The second-order valence-electron chi connectivity index (χ2n) is 12.7. The van der Waals surface area contributed by atoms with Crippen LogP contribution in [0.15, 0.2) is 43.7 Å². The van der Waals surface area contributed by atoms with Crippen molar-refractivity contribution in [3.63, 3.8) is 0 Å². The summed E-state index contributed by atoms with van der Waals surface area (Å²) in [6, 6.07) is 1.91. The zero-order valence-electron chi connectivity index (χ0n) is 29.5. The minimum absolute atomic E-state index is 0.430. The zero-order chi connectivity index (χ0) is 41.9. The van der Waals surface area contributed by atoms with Crippen molar-refractivity contribution in [1.29, 1.82) is 0 Å². The predicted octanol–water partition coefficient (Wildman–Crippen LogP) is -0.441. The van der Waals surface area contributed by atoms with Gasteiger partial charge >= 0.3 is 42.7 Å². The number of nitrogens with one attached hydrogen (secondary N) is 2. The standard InChI is InChI=1S/C26H40N4O23P4/c1-2-3-4-5-6-7-18-49-21-15(48-24(22(21)50-18)30-11-9-17(32)28-26(30)36)13-46-55(39,40)52-57(43,44)53-56(41,42)51-54(37,38)45-12-14-19(33)20(34)23(47-14)29-10-8-16(31)27-25(29)35/h8-11,14-15,18-24,33-34H,2-7,12-13H2,1H3,(H,37,38)(H,39,40)(H,41,42)(H,43,44)(H,27,31,35)(H,28,32,36)/t14-,15+,18?,19-,20-,21+,22+,23-,24+/m0/s1. The molecule has 0 bridgehead atoms. The molecule has 3 aliphatic heterocycles. The highest BCUT2D eigenvalue weighted by Crippen LogP contribution is 2.71. The van der Waals surface area contributed by atoms with E-state index in [0.29, 0.717) is 17.4 Å². The molecule has 5 heterocycles. The van der Waals surface area contributed by atoms with Gasteiger partial charge in [-0.3, -0.25) is 37.7 Å². The third kappa shape index (κ3) is 12.1. The first kappa shape index (κ1) is 45.8. The van der Waals surface area contributed by atoms with E-state index in [1.807, 2.05) is 4.98 Å². The second-order valence-corrected chi connectivity index (χ2v) is 18.9. The highest BCUT2D eigenvalue weighted by molar-refractivity contribution is 7.69. The molecule has 3 aliphatic rings. The monoisotopic (exact) mass is 900 g/mol. The largest absolute Gasteiger partial charge is 0.490 e. The van der Waals surface area contributed by atoms with Crippen LogP contribution in [-0.4, -0.2) is 105 Å². The molecule has 2 aromatic heterocycles. The Bertz CT molecular complexity index is 2160. The molecule has 3 fully saturated rings. The number of ether oxygens (including phenoxy) is 4. The Kier molecular flexibility index (Phi) is 14.9. The Morgan fingerprint density at radius 2 is 1.11 bits per heavy atom. The van der Waals surface area contributed by atoms with Gasteiger partial charge in [0.1, 0.15) is 36.6 Å². The van der Waals surface area contributed by atoms with Crippen LogP contribution in [0.3, 0.4) is 0 Å². The van der Waals surface area contributed by atoms with Crippen LogP contribution < -0.4 is 22.5 Å². The highest BCUT2D eigenvalue weighted by Gasteiger charge is 2.55. The van der Waals surface area contributed by atoms with E-state index in [1.165, 1.54) is 0 Å². The molecular formula is C26H40N4O23P4. The van der Waals surface area contributed by atoms with Gasteiger partial charge in [0.05, 0.1) is 13.2 Å². The number of unbranched alkanes of at least 4 members (excludes halogenated alkanes) is 4. The molecule has 2 aromatic rings. The van der Waals surface area contributed by atoms with E-state index in [4.69, 9.17) is 23.5 Å². The van der Waals surface area contributed by atoms with E-state index in [1.54, 1.807) is 0 Å². The van der Waals surface area contributed by atoms with Crippen molar-refractivity contribution >= 4 is 31.3 Å². The van der Waals surface area contributed by atoms with E-state index in [2.05, 4.69) is 29.4 Å². The number of rotatable bonds is 20. The fourth-order valence-electron chi connectivity index (χ4n) is 5.96. The van der Waals surface area contributed by atoms with Gasteiger partial charge in [0.2, 0.25) is 0 Å². The van der Waals surface area contributed by atoms with Gasteiger partial charge in [-0.25, -0.2) is 27.8 Å². The molecule has 0 aliphatic carbocycles. The number of fused-ring (bicyclic) bond motifs is 1. The first-order valence-corrected chi connectivity index (χ1v) is 22.9. The first-order valence-electron chi connectivity index (χ1n) is 16.9. The summed E-state index contributed by atoms with van der Waals surface area (Å²) in [5, 5.41) is 20.5. The minimum atomic E-state index is -6.22. The molecule has 5 rings (SSSR count). The number of aliphatic hydroxyl groups is 2. The number of aliphatic hydroxyl groups excluding tert-OH is 2. The molecule has 0 amide bonds.